The minimum atomic E-state index is -0.345. The van der Waals surface area contributed by atoms with Crippen molar-refractivity contribution >= 4 is 35.0 Å². The Morgan fingerprint density at radius 2 is 1.87 bits per heavy atom. The van der Waals surface area contributed by atoms with Crippen LogP contribution in [-0.2, 0) is 11.3 Å². The molecular weight excluding hydrogens is 420 g/mol. The van der Waals surface area contributed by atoms with E-state index >= 15 is 0 Å². The average molecular weight is 445 g/mol. The number of ether oxygens (including phenoxy) is 1. The molecule has 0 bridgehead atoms. The predicted octanol–water partition coefficient (Wildman–Crippen LogP) is 5.52. The Morgan fingerprint density at radius 3 is 2.57 bits per heavy atom. The van der Waals surface area contributed by atoms with Crippen molar-refractivity contribution in [1.82, 2.24) is 14.8 Å². The predicted molar refractivity (Wildman–Crippen MR) is 121 cm³/mol. The van der Waals surface area contributed by atoms with E-state index in [9.17, 15) is 4.79 Å². The number of nitrogens with one attached hydrogen (secondary N) is 1. The number of nitrogens with zero attached hydrogens (tertiary/aromatic N) is 3. The smallest absolute Gasteiger partial charge is 0.237 e. The van der Waals surface area contributed by atoms with Gasteiger partial charge in [-0.1, -0.05) is 53.7 Å². The lowest BCUT2D eigenvalue weighted by atomic mass is 10.2. The average Bonchev–Trinajstić information content (AvgIpc) is 3.14. The topological polar surface area (TPSA) is 69.0 Å². The van der Waals surface area contributed by atoms with E-state index in [1.807, 2.05) is 74.7 Å². The van der Waals surface area contributed by atoms with Crippen LogP contribution in [0.15, 0.2) is 53.7 Å². The molecular formula is C22H25ClN4O2S. The number of anilines is 1. The van der Waals surface area contributed by atoms with Crippen LogP contribution in [0.5, 0.6) is 5.75 Å². The van der Waals surface area contributed by atoms with E-state index in [1.165, 1.54) is 11.8 Å². The summed E-state index contributed by atoms with van der Waals surface area (Å²) in [6.07, 6.45) is -0.345. The summed E-state index contributed by atoms with van der Waals surface area (Å²) in [4.78, 5) is 12.7. The molecule has 0 radical (unpaired) electrons. The van der Waals surface area contributed by atoms with Crippen LogP contribution >= 0.6 is 23.4 Å². The molecule has 6 nitrogen and oxygen atoms in total. The molecule has 1 heterocycles. The first-order valence-electron chi connectivity index (χ1n) is 9.78. The van der Waals surface area contributed by atoms with Gasteiger partial charge in [0, 0.05) is 12.2 Å². The van der Waals surface area contributed by atoms with E-state index in [0.717, 1.165) is 11.3 Å². The third kappa shape index (κ3) is 5.15. The minimum absolute atomic E-state index is 0.0816. The fourth-order valence-corrected chi connectivity index (χ4v) is 4.03. The summed E-state index contributed by atoms with van der Waals surface area (Å²) in [5.74, 6) is 1.20. The zero-order chi connectivity index (χ0) is 21.7. The van der Waals surface area contributed by atoms with Crippen LogP contribution in [0.4, 0.5) is 5.69 Å². The molecule has 0 saturated heterocycles. The normalized spacial score (nSPS) is 13.0. The number of thioether (sulfide) groups is 1. The van der Waals surface area contributed by atoms with E-state index in [2.05, 4.69) is 15.5 Å². The van der Waals surface area contributed by atoms with Gasteiger partial charge in [-0.15, -0.1) is 10.2 Å². The first kappa shape index (κ1) is 22.2. The monoisotopic (exact) mass is 444 g/mol. The zero-order valence-corrected chi connectivity index (χ0v) is 19.0. The van der Waals surface area contributed by atoms with Crippen LogP contribution in [0.3, 0.4) is 0 Å². The molecule has 1 amide bonds. The minimum Gasteiger partial charge on any atom is -0.481 e. The number of carbonyl (C=O) groups is 1. The van der Waals surface area contributed by atoms with E-state index in [4.69, 9.17) is 16.3 Å². The molecule has 8 heteroatoms. The quantitative estimate of drug-likeness (QED) is 0.463. The summed E-state index contributed by atoms with van der Waals surface area (Å²) in [5.41, 5.74) is 1.84. The molecule has 2 aromatic carbocycles. The largest absolute Gasteiger partial charge is 0.481 e. The summed E-state index contributed by atoms with van der Waals surface area (Å²) >= 11 is 7.57. The lowest BCUT2D eigenvalue weighted by molar-refractivity contribution is -0.115. The highest BCUT2D eigenvalue weighted by Gasteiger charge is 2.23. The van der Waals surface area contributed by atoms with Crippen molar-refractivity contribution in [3.05, 3.63) is 64.9 Å². The van der Waals surface area contributed by atoms with Gasteiger partial charge in [0.05, 0.1) is 10.3 Å². The van der Waals surface area contributed by atoms with Crippen molar-refractivity contribution in [3.8, 4) is 5.75 Å². The molecule has 0 saturated carbocycles. The van der Waals surface area contributed by atoms with Crippen LogP contribution in [0.1, 0.15) is 38.3 Å². The number of hydrogen-bond acceptors (Lipinski definition) is 5. The van der Waals surface area contributed by atoms with Crippen LogP contribution < -0.4 is 10.1 Å². The highest BCUT2D eigenvalue weighted by atomic mass is 35.5. The Labute approximate surface area is 186 Å². The summed E-state index contributed by atoms with van der Waals surface area (Å²) in [7, 11) is 0. The van der Waals surface area contributed by atoms with Gasteiger partial charge >= 0.3 is 0 Å². The molecule has 0 fully saturated rings. The SMILES string of the molecule is CCn1c(SC(C)C(=O)Nc2ccccc2C)nnc1C(C)Oc1ccccc1Cl. The van der Waals surface area contributed by atoms with Gasteiger partial charge in [-0.05, 0) is 51.5 Å². The van der Waals surface area contributed by atoms with E-state index < -0.39 is 0 Å². The van der Waals surface area contributed by atoms with E-state index in [1.54, 1.807) is 6.07 Å². The number of benzene rings is 2. The third-order valence-corrected chi connectivity index (χ3v) is 6.01. The molecule has 1 N–H and O–H groups in total. The Balaban J connectivity index is 1.71. The highest BCUT2D eigenvalue weighted by Crippen LogP contribution is 2.30. The van der Waals surface area contributed by atoms with E-state index in [-0.39, 0.29) is 17.3 Å². The molecule has 0 aliphatic rings. The molecule has 0 spiro atoms. The number of amides is 1. The number of rotatable bonds is 8. The third-order valence-electron chi connectivity index (χ3n) is 4.62. The first-order valence-corrected chi connectivity index (χ1v) is 11.0. The van der Waals surface area contributed by atoms with Gasteiger partial charge in [0.1, 0.15) is 5.75 Å². The summed E-state index contributed by atoms with van der Waals surface area (Å²) < 4.78 is 7.95. The van der Waals surface area contributed by atoms with Crippen molar-refractivity contribution in [2.45, 2.75) is 50.8 Å². The van der Waals surface area contributed by atoms with Crippen molar-refractivity contribution in [2.24, 2.45) is 0 Å². The second-order valence-electron chi connectivity index (χ2n) is 6.84. The van der Waals surface area contributed by atoms with Gasteiger partial charge in [0.15, 0.2) is 17.1 Å². The lowest BCUT2D eigenvalue weighted by Gasteiger charge is -2.17. The van der Waals surface area contributed by atoms with Crippen molar-refractivity contribution in [3.63, 3.8) is 0 Å². The maximum atomic E-state index is 12.7. The van der Waals surface area contributed by atoms with Crippen LogP contribution in [0.2, 0.25) is 5.02 Å². The molecule has 30 heavy (non-hydrogen) atoms. The van der Waals surface area contributed by atoms with Crippen molar-refractivity contribution in [1.29, 1.82) is 0 Å². The van der Waals surface area contributed by atoms with Crippen LogP contribution in [-0.4, -0.2) is 25.9 Å². The highest BCUT2D eigenvalue weighted by molar-refractivity contribution is 8.00. The van der Waals surface area contributed by atoms with Crippen LogP contribution in [0.25, 0.3) is 0 Å². The van der Waals surface area contributed by atoms with Gasteiger partial charge in [-0.3, -0.25) is 4.79 Å². The summed E-state index contributed by atoms with van der Waals surface area (Å²) in [6, 6.07) is 15.0. The number of para-hydroxylation sites is 2. The van der Waals surface area contributed by atoms with E-state index in [0.29, 0.717) is 28.3 Å². The number of carbonyl (C=O) groups excluding carboxylic acids is 1. The Morgan fingerprint density at radius 1 is 1.17 bits per heavy atom. The molecule has 1 aromatic heterocycles. The molecule has 3 rings (SSSR count). The van der Waals surface area contributed by atoms with Gasteiger partial charge in [0.2, 0.25) is 5.91 Å². The maximum Gasteiger partial charge on any atom is 0.237 e. The van der Waals surface area contributed by atoms with Gasteiger partial charge in [0.25, 0.3) is 0 Å². The summed E-state index contributed by atoms with van der Waals surface area (Å²) in [6.45, 7) is 8.40. The van der Waals surface area contributed by atoms with Gasteiger partial charge in [-0.2, -0.15) is 0 Å². The Bertz CT molecular complexity index is 1020. The van der Waals surface area contributed by atoms with Gasteiger partial charge in [-0.25, -0.2) is 0 Å². The lowest BCUT2D eigenvalue weighted by Crippen LogP contribution is -2.23. The molecule has 2 atom stereocenters. The van der Waals surface area contributed by atoms with Gasteiger partial charge < -0.3 is 14.6 Å². The molecule has 0 aliphatic heterocycles. The first-order chi connectivity index (χ1) is 14.4. The molecule has 2 unspecified atom stereocenters. The van der Waals surface area contributed by atoms with Crippen molar-refractivity contribution < 1.29 is 9.53 Å². The number of hydrogen-bond donors (Lipinski definition) is 1. The zero-order valence-electron chi connectivity index (χ0n) is 17.4. The van der Waals surface area contributed by atoms with Crippen LogP contribution in [0, 0.1) is 6.92 Å². The van der Waals surface area contributed by atoms with Crippen molar-refractivity contribution in [2.75, 3.05) is 5.32 Å². The Hall–Kier alpha value is -2.51. The summed E-state index contributed by atoms with van der Waals surface area (Å²) in [5, 5.41) is 12.5. The molecule has 0 aliphatic carbocycles. The standard InChI is InChI=1S/C22H25ClN4O2S/c1-5-27-20(15(3)29-19-13-9-7-11-17(19)23)25-26-22(27)30-16(4)21(28)24-18-12-8-6-10-14(18)2/h6-13,15-16H,5H2,1-4H3,(H,24,28). The fraction of sp³-hybridized carbons (Fsp3) is 0.318. The Kier molecular flexibility index (Phi) is 7.39. The number of aromatic nitrogens is 3. The molecule has 3 aromatic rings. The number of aryl methyl sites for hydroxylation is 1. The maximum absolute atomic E-state index is 12.7. The number of halogens is 1. The molecule has 158 valence electrons. The second kappa shape index (κ2) is 10.00. The second-order valence-corrected chi connectivity index (χ2v) is 8.55. The fourth-order valence-electron chi connectivity index (χ4n) is 2.93.